The molecule has 0 spiro atoms. The number of rotatable bonds is 2. The van der Waals surface area contributed by atoms with Crippen LogP contribution in [-0.4, -0.2) is 5.11 Å². The quantitative estimate of drug-likeness (QED) is 0.721. The summed E-state index contributed by atoms with van der Waals surface area (Å²) in [6.45, 7) is 4.11. The lowest BCUT2D eigenvalue weighted by Gasteiger charge is -2.14. The molecule has 0 aromatic heterocycles. The topological polar surface area (TPSA) is 24.1 Å². The van der Waals surface area contributed by atoms with Gasteiger partial charge in [-0.3, -0.25) is 0 Å². The van der Waals surface area contributed by atoms with Crippen LogP contribution in [-0.2, 0) is 0 Å². The Kier molecular flexibility index (Phi) is 4.86. The van der Waals surface area contributed by atoms with Crippen LogP contribution >= 0.6 is 35.4 Å². The van der Waals surface area contributed by atoms with Crippen molar-refractivity contribution >= 4 is 51.9 Å². The summed E-state index contributed by atoms with van der Waals surface area (Å²) in [6, 6.07) is 11.2. The van der Waals surface area contributed by atoms with E-state index < -0.39 is 0 Å². The lowest BCUT2D eigenvalue weighted by Crippen LogP contribution is -2.20. The van der Waals surface area contributed by atoms with Crippen LogP contribution in [0, 0.1) is 13.8 Å². The van der Waals surface area contributed by atoms with Crippen LogP contribution in [0.25, 0.3) is 0 Å². The first-order valence-electron chi connectivity index (χ1n) is 6.06. The number of halogens is 2. The maximum atomic E-state index is 6.09. The predicted octanol–water partition coefficient (Wildman–Crippen LogP) is 5.42. The number of nitrogens with one attached hydrogen (secondary N) is 2. The smallest absolute Gasteiger partial charge is 0.175 e. The third-order valence-corrected chi connectivity index (χ3v) is 3.80. The second-order valence-electron chi connectivity index (χ2n) is 4.45. The SMILES string of the molecule is Cc1cccc(NC(=S)Nc2cc(Cl)ccc2Cl)c1C. The summed E-state index contributed by atoms with van der Waals surface area (Å²) in [5, 5.41) is 7.86. The fourth-order valence-electron chi connectivity index (χ4n) is 1.76. The van der Waals surface area contributed by atoms with Gasteiger partial charge < -0.3 is 10.6 Å². The van der Waals surface area contributed by atoms with Gasteiger partial charge in [0.1, 0.15) is 0 Å². The summed E-state index contributed by atoms with van der Waals surface area (Å²) in [5.74, 6) is 0. The standard InChI is InChI=1S/C15H14Cl2N2S/c1-9-4-3-5-13(10(9)2)18-15(20)19-14-8-11(16)6-7-12(14)17/h3-8H,1-2H3,(H2,18,19,20). The Balaban J connectivity index is 2.13. The van der Waals surface area contributed by atoms with E-state index in [0.717, 1.165) is 11.3 Å². The van der Waals surface area contributed by atoms with Gasteiger partial charge in [-0.15, -0.1) is 0 Å². The van der Waals surface area contributed by atoms with Gasteiger partial charge in [-0.2, -0.15) is 0 Å². The van der Waals surface area contributed by atoms with Crippen molar-refractivity contribution in [2.45, 2.75) is 13.8 Å². The molecule has 0 fully saturated rings. The van der Waals surface area contributed by atoms with Crippen molar-refractivity contribution in [3.63, 3.8) is 0 Å². The lowest BCUT2D eigenvalue weighted by molar-refractivity contribution is 1.34. The van der Waals surface area contributed by atoms with Crippen LogP contribution < -0.4 is 10.6 Å². The van der Waals surface area contributed by atoms with Crippen molar-refractivity contribution < 1.29 is 0 Å². The van der Waals surface area contributed by atoms with Gasteiger partial charge in [0.2, 0.25) is 0 Å². The molecule has 0 saturated heterocycles. The molecule has 20 heavy (non-hydrogen) atoms. The van der Waals surface area contributed by atoms with Crippen LogP contribution in [0.1, 0.15) is 11.1 Å². The molecule has 0 aliphatic rings. The summed E-state index contributed by atoms with van der Waals surface area (Å²) in [4.78, 5) is 0. The molecule has 0 unspecified atom stereocenters. The van der Waals surface area contributed by atoms with E-state index in [1.54, 1.807) is 18.2 Å². The van der Waals surface area contributed by atoms with E-state index in [1.165, 1.54) is 5.56 Å². The van der Waals surface area contributed by atoms with E-state index >= 15 is 0 Å². The lowest BCUT2D eigenvalue weighted by atomic mass is 10.1. The second-order valence-corrected chi connectivity index (χ2v) is 5.70. The zero-order valence-corrected chi connectivity index (χ0v) is 13.5. The second kappa shape index (κ2) is 6.44. The predicted molar refractivity (Wildman–Crippen MR) is 92.2 cm³/mol. The van der Waals surface area contributed by atoms with Gasteiger partial charge in [-0.1, -0.05) is 35.3 Å². The summed E-state index contributed by atoms with van der Waals surface area (Å²) in [5.41, 5.74) is 4.02. The van der Waals surface area contributed by atoms with Crippen molar-refractivity contribution in [1.29, 1.82) is 0 Å². The molecular formula is C15H14Cl2N2S. The molecular weight excluding hydrogens is 311 g/mol. The average Bonchev–Trinajstić information content (AvgIpc) is 2.39. The van der Waals surface area contributed by atoms with Crippen LogP contribution in [0.15, 0.2) is 36.4 Å². The average molecular weight is 325 g/mol. The zero-order chi connectivity index (χ0) is 14.7. The van der Waals surface area contributed by atoms with E-state index in [-0.39, 0.29) is 0 Å². The third-order valence-electron chi connectivity index (χ3n) is 3.03. The summed E-state index contributed by atoms with van der Waals surface area (Å²) in [7, 11) is 0. The Bertz CT molecular complexity index is 650. The highest BCUT2D eigenvalue weighted by molar-refractivity contribution is 7.80. The van der Waals surface area contributed by atoms with Crippen molar-refractivity contribution in [2.75, 3.05) is 10.6 Å². The molecule has 2 aromatic carbocycles. The molecule has 0 bridgehead atoms. The third kappa shape index (κ3) is 3.63. The molecule has 2 nitrogen and oxygen atoms in total. The van der Waals surface area contributed by atoms with Gasteiger partial charge in [0.15, 0.2) is 5.11 Å². The van der Waals surface area contributed by atoms with Crippen LogP contribution in [0.2, 0.25) is 10.0 Å². The van der Waals surface area contributed by atoms with Crippen molar-refractivity contribution in [3.8, 4) is 0 Å². The number of hydrogen-bond donors (Lipinski definition) is 2. The summed E-state index contributed by atoms with van der Waals surface area (Å²) in [6.07, 6.45) is 0. The van der Waals surface area contributed by atoms with Gasteiger partial charge in [-0.25, -0.2) is 0 Å². The Morgan fingerprint density at radius 1 is 1.00 bits per heavy atom. The molecule has 0 heterocycles. The maximum Gasteiger partial charge on any atom is 0.175 e. The molecule has 0 amide bonds. The molecule has 0 saturated carbocycles. The van der Waals surface area contributed by atoms with Crippen molar-refractivity contribution in [1.82, 2.24) is 0 Å². The first-order chi connectivity index (χ1) is 9.47. The van der Waals surface area contributed by atoms with Crippen molar-refractivity contribution in [3.05, 3.63) is 57.6 Å². The fourth-order valence-corrected chi connectivity index (χ4v) is 2.31. The largest absolute Gasteiger partial charge is 0.332 e. The van der Waals surface area contributed by atoms with Gasteiger partial charge >= 0.3 is 0 Å². The number of thiocarbonyl (C=S) groups is 1. The Labute approximate surface area is 134 Å². The number of benzene rings is 2. The first kappa shape index (κ1) is 15.1. The van der Waals surface area contributed by atoms with Gasteiger partial charge in [0, 0.05) is 10.7 Å². The first-order valence-corrected chi connectivity index (χ1v) is 7.23. The van der Waals surface area contributed by atoms with Gasteiger partial charge in [-0.05, 0) is 61.5 Å². The Morgan fingerprint density at radius 2 is 1.70 bits per heavy atom. The highest BCUT2D eigenvalue weighted by atomic mass is 35.5. The summed E-state index contributed by atoms with van der Waals surface area (Å²) >= 11 is 17.3. The minimum atomic E-state index is 0.475. The van der Waals surface area contributed by atoms with E-state index in [4.69, 9.17) is 35.4 Å². The normalized spacial score (nSPS) is 10.2. The molecule has 0 radical (unpaired) electrons. The summed E-state index contributed by atoms with van der Waals surface area (Å²) < 4.78 is 0. The number of anilines is 2. The molecule has 104 valence electrons. The zero-order valence-electron chi connectivity index (χ0n) is 11.1. The highest BCUT2D eigenvalue weighted by Gasteiger charge is 2.06. The molecule has 0 aliphatic carbocycles. The van der Waals surface area contributed by atoms with Crippen LogP contribution in [0.4, 0.5) is 11.4 Å². The highest BCUT2D eigenvalue weighted by Crippen LogP contribution is 2.26. The van der Waals surface area contributed by atoms with Crippen molar-refractivity contribution in [2.24, 2.45) is 0 Å². The van der Waals surface area contributed by atoms with Gasteiger partial charge in [0.05, 0.1) is 10.7 Å². The number of hydrogen-bond acceptors (Lipinski definition) is 1. The van der Waals surface area contributed by atoms with E-state index in [0.29, 0.717) is 20.8 Å². The molecule has 0 aliphatic heterocycles. The minimum Gasteiger partial charge on any atom is -0.332 e. The fraction of sp³-hybridized carbons (Fsp3) is 0.133. The molecule has 2 aromatic rings. The molecule has 5 heteroatoms. The monoisotopic (exact) mass is 324 g/mol. The van der Waals surface area contributed by atoms with Crippen LogP contribution in [0.3, 0.4) is 0 Å². The molecule has 2 rings (SSSR count). The Hall–Kier alpha value is -1.29. The molecule has 0 atom stereocenters. The number of aryl methyl sites for hydroxylation is 1. The van der Waals surface area contributed by atoms with E-state index in [1.807, 2.05) is 19.1 Å². The molecule has 2 N–H and O–H groups in total. The van der Waals surface area contributed by atoms with E-state index in [2.05, 4.69) is 23.6 Å². The van der Waals surface area contributed by atoms with E-state index in [9.17, 15) is 0 Å². The van der Waals surface area contributed by atoms with Gasteiger partial charge in [0.25, 0.3) is 0 Å². The minimum absolute atomic E-state index is 0.475. The Morgan fingerprint density at radius 3 is 2.45 bits per heavy atom. The maximum absolute atomic E-state index is 6.09. The van der Waals surface area contributed by atoms with Crippen LogP contribution in [0.5, 0.6) is 0 Å².